The molecule has 2 aromatic heterocycles. The Hall–Kier alpha value is -1.83. The number of aromatic nitrogens is 3. The van der Waals surface area contributed by atoms with Crippen molar-refractivity contribution in [2.24, 2.45) is 0 Å². The van der Waals surface area contributed by atoms with E-state index >= 15 is 0 Å². The molecule has 0 fully saturated rings. The molecular formula is C14H12Cl2N4O2S. The Labute approximate surface area is 143 Å². The average molecular weight is 371 g/mol. The van der Waals surface area contributed by atoms with Crippen LogP contribution < -0.4 is 5.32 Å². The van der Waals surface area contributed by atoms with Crippen LogP contribution in [0.4, 0.5) is 11.5 Å². The summed E-state index contributed by atoms with van der Waals surface area (Å²) in [6.45, 7) is 1.91. The van der Waals surface area contributed by atoms with E-state index in [4.69, 9.17) is 23.2 Å². The molecule has 2 heterocycles. The molecule has 0 aliphatic rings. The highest BCUT2D eigenvalue weighted by atomic mass is 35.5. The number of hydrogen-bond acceptors (Lipinski definition) is 5. The molecule has 0 amide bonds. The van der Waals surface area contributed by atoms with Gasteiger partial charge >= 0.3 is 0 Å². The van der Waals surface area contributed by atoms with Crippen LogP contribution in [-0.4, -0.2) is 28.6 Å². The number of rotatable bonds is 3. The largest absolute Gasteiger partial charge is 0.337 e. The first-order valence-corrected chi connectivity index (χ1v) is 9.14. The summed E-state index contributed by atoms with van der Waals surface area (Å²) in [6, 6.07) is 5.41. The van der Waals surface area contributed by atoms with E-state index in [2.05, 4.69) is 15.3 Å². The van der Waals surface area contributed by atoms with Gasteiger partial charge in [0.05, 0.1) is 23.7 Å². The van der Waals surface area contributed by atoms with Crippen molar-refractivity contribution >= 4 is 55.6 Å². The van der Waals surface area contributed by atoms with Gasteiger partial charge in [-0.05, 0) is 36.2 Å². The Morgan fingerprint density at radius 2 is 1.96 bits per heavy atom. The Morgan fingerprint density at radius 1 is 1.22 bits per heavy atom. The minimum atomic E-state index is -3.45. The predicted octanol–water partition coefficient (Wildman–Crippen LogP) is 3.60. The van der Waals surface area contributed by atoms with Crippen molar-refractivity contribution < 1.29 is 8.42 Å². The number of halogens is 2. The smallest absolute Gasteiger partial charge is 0.236 e. The summed E-state index contributed by atoms with van der Waals surface area (Å²) in [5, 5.41) is 4.16. The van der Waals surface area contributed by atoms with E-state index in [0.29, 0.717) is 17.0 Å². The molecule has 23 heavy (non-hydrogen) atoms. The minimum Gasteiger partial charge on any atom is -0.337 e. The Bertz CT molecular complexity index is 1020. The molecule has 1 N–H and O–H groups in total. The minimum absolute atomic E-state index is 0.0405. The highest BCUT2D eigenvalue weighted by Gasteiger charge is 2.16. The molecule has 6 nitrogen and oxygen atoms in total. The maximum Gasteiger partial charge on any atom is 0.236 e. The van der Waals surface area contributed by atoms with Gasteiger partial charge in [0.1, 0.15) is 5.02 Å². The Balaban J connectivity index is 2.24. The molecule has 0 aliphatic carbocycles. The van der Waals surface area contributed by atoms with Gasteiger partial charge in [-0.25, -0.2) is 17.4 Å². The lowest BCUT2D eigenvalue weighted by Gasteiger charge is -2.12. The van der Waals surface area contributed by atoms with E-state index in [0.717, 1.165) is 17.2 Å². The zero-order chi connectivity index (χ0) is 16.8. The van der Waals surface area contributed by atoms with Gasteiger partial charge in [0, 0.05) is 11.6 Å². The SMILES string of the molecule is Cc1ccc(Nc2nc(Cl)ncc2Cl)c2c1ccn2S(C)(=O)=O. The van der Waals surface area contributed by atoms with Gasteiger partial charge < -0.3 is 5.32 Å². The highest BCUT2D eigenvalue weighted by molar-refractivity contribution is 7.89. The normalized spacial score (nSPS) is 11.8. The maximum atomic E-state index is 12.0. The average Bonchev–Trinajstić information content (AvgIpc) is 2.92. The van der Waals surface area contributed by atoms with Crippen LogP contribution >= 0.6 is 23.2 Å². The molecule has 0 atom stereocenters. The summed E-state index contributed by atoms with van der Waals surface area (Å²) in [5.74, 6) is 0.304. The van der Waals surface area contributed by atoms with Crippen molar-refractivity contribution in [1.29, 1.82) is 0 Å². The molecule has 1 aromatic carbocycles. The summed E-state index contributed by atoms with van der Waals surface area (Å²) >= 11 is 11.8. The molecule has 120 valence electrons. The lowest BCUT2D eigenvalue weighted by atomic mass is 10.1. The summed E-state index contributed by atoms with van der Waals surface area (Å²) in [4.78, 5) is 7.81. The van der Waals surface area contributed by atoms with E-state index in [1.54, 1.807) is 12.1 Å². The molecule has 3 rings (SSSR count). The van der Waals surface area contributed by atoms with Crippen LogP contribution in [0.2, 0.25) is 10.3 Å². The Morgan fingerprint density at radius 3 is 2.65 bits per heavy atom. The summed E-state index contributed by atoms with van der Waals surface area (Å²) in [6.07, 6.45) is 4.04. The fourth-order valence-corrected chi connectivity index (χ4v) is 3.39. The number of hydrogen-bond donors (Lipinski definition) is 1. The van der Waals surface area contributed by atoms with Crippen LogP contribution in [0.3, 0.4) is 0 Å². The van der Waals surface area contributed by atoms with Gasteiger partial charge in [-0.3, -0.25) is 0 Å². The molecule has 9 heteroatoms. The van der Waals surface area contributed by atoms with Crippen molar-refractivity contribution in [2.75, 3.05) is 11.6 Å². The number of anilines is 2. The first kappa shape index (κ1) is 16.0. The van der Waals surface area contributed by atoms with Crippen molar-refractivity contribution in [2.45, 2.75) is 6.92 Å². The van der Waals surface area contributed by atoms with E-state index in [9.17, 15) is 8.42 Å². The van der Waals surface area contributed by atoms with Gasteiger partial charge in [-0.15, -0.1) is 0 Å². The monoisotopic (exact) mass is 370 g/mol. The predicted molar refractivity (Wildman–Crippen MR) is 92.3 cm³/mol. The third kappa shape index (κ3) is 2.99. The van der Waals surface area contributed by atoms with E-state index < -0.39 is 10.0 Å². The zero-order valence-electron chi connectivity index (χ0n) is 12.2. The fourth-order valence-electron chi connectivity index (χ4n) is 2.31. The third-order valence-electron chi connectivity index (χ3n) is 3.36. The topological polar surface area (TPSA) is 76.9 Å². The van der Waals surface area contributed by atoms with Gasteiger partial charge in [-0.1, -0.05) is 17.7 Å². The number of benzene rings is 1. The molecule has 3 aromatic rings. The number of fused-ring (bicyclic) bond motifs is 1. The van der Waals surface area contributed by atoms with Gasteiger partial charge in [0.2, 0.25) is 15.3 Å². The zero-order valence-corrected chi connectivity index (χ0v) is 14.5. The maximum absolute atomic E-state index is 12.0. The van der Waals surface area contributed by atoms with E-state index in [1.165, 1.54) is 16.4 Å². The van der Waals surface area contributed by atoms with Crippen LogP contribution in [0, 0.1) is 6.92 Å². The van der Waals surface area contributed by atoms with Crippen molar-refractivity contribution in [3.63, 3.8) is 0 Å². The van der Waals surface area contributed by atoms with E-state index in [-0.39, 0.29) is 10.3 Å². The molecule has 0 unspecified atom stereocenters. The molecule has 0 saturated heterocycles. The van der Waals surface area contributed by atoms with Crippen molar-refractivity contribution in [1.82, 2.24) is 13.9 Å². The van der Waals surface area contributed by atoms with Crippen LogP contribution in [0.15, 0.2) is 30.6 Å². The van der Waals surface area contributed by atoms with Gasteiger partial charge in [0.15, 0.2) is 5.82 Å². The molecular weight excluding hydrogens is 359 g/mol. The second-order valence-corrected chi connectivity index (χ2v) is 7.63. The van der Waals surface area contributed by atoms with Crippen molar-refractivity contribution in [3.05, 3.63) is 46.5 Å². The number of aryl methyl sites for hydroxylation is 1. The van der Waals surface area contributed by atoms with E-state index in [1.807, 2.05) is 13.0 Å². The molecule has 0 spiro atoms. The lowest BCUT2D eigenvalue weighted by Crippen LogP contribution is -2.09. The second kappa shape index (κ2) is 5.67. The fraction of sp³-hybridized carbons (Fsp3) is 0.143. The Kier molecular flexibility index (Phi) is 3.95. The third-order valence-corrected chi connectivity index (χ3v) is 4.83. The van der Waals surface area contributed by atoms with Crippen LogP contribution in [-0.2, 0) is 10.0 Å². The highest BCUT2D eigenvalue weighted by Crippen LogP contribution is 2.32. The lowest BCUT2D eigenvalue weighted by molar-refractivity contribution is 0.595. The quantitative estimate of drug-likeness (QED) is 0.712. The molecule has 0 bridgehead atoms. The standard InChI is InChI=1S/C14H12Cl2N4O2S/c1-8-3-4-11(18-13-10(15)7-17-14(16)19-13)12-9(8)5-6-20(12)23(2,21)22/h3-7H,1-2H3,(H,17,18,19). The van der Waals surface area contributed by atoms with Crippen LogP contribution in [0.1, 0.15) is 5.56 Å². The molecule has 0 aliphatic heterocycles. The number of nitrogens with zero attached hydrogens (tertiary/aromatic N) is 3. The molecule has 0 saturated carbocycles. The van der Waals surface area contributed by atoms with Gasteiger partial charge in [0.25, 0.3) is 0 Å². The van der Waals surface area contributed by atoms with Crippen LogP contribution in [0.5, 0.6) is 0 Å². The second-order valence-electron chi connectivity index (χ2n) is 5.03. The number of nitrogens with one attached hydrogen (secondary N) is 1. The molecule has 0 radical (unpaired) electrons. The van der Waals surface area contributed by atoms with Crippen LogP contribution in [0.25, 0.3) is 10.9 Å². The van der Waals surface area contributed by atoms with Crippen molar-refractivity contribution in [3.8, 4) is 0 Å². The summed E-state index contributed by atoms with van der Waals surface area (Å²) < 4.78 is 25.2. The van der Waals surface area contributed by atoms with Gasteiger partial charge in [-0.2, -0.15) is 4.98 Å². The first-order chi connectivity index (χ1) is 10.8. The summed E-state index contributed by atoms with van der Waals surface area (Å²) in [7, 11) is -3.45. The summed E-state index contributed by atoms with van der Waals surface area (Å²) in [5.41, 5.74) is 2.04. The first-order valence-electron chi connectivity index (χ1n) is 6.53.